The van der Waals surface area contributed by atoms with E-state index in [9.17, 15) is 25.2 Å². The molecule has 0 radical (unpaired) electrons. The lowest BCUT2D eigenvalue weighted by Gasteiger charge is -2.27. The van der Waals surface area contributed by atoms with Gasteiger partial charge >= 0.3 is 0 Å². The first kappa shape index (κ1) is 64.3. The molecule has 5 N–H and O–H groups in total. The quantitative estimate of drug-likeness (QED) is 0.0390. The Kier molecular flexibility index (Phi) is 53.7. The van der Waals surface area contributed by atoms with Crippen molar-refractivity contribution in [2.75, 3.05) is 6.61 Å². The van der Waals surface area contributed by atoms with Crippen LogP contribution in [0.4, 0.5) is 0 Å². The van der Waals surface area contributed by atoms with Gasteiger partial charge in [-0.25, -0.2) is 0 Å². The molecule has 0 saturated heterocycles. The van der Waals surface area contributed by atoms with Gasteiger partial charge in [-0.3, -0.25) is 4.79 Å². The molecule has 0 aliphatic carbocycles. The monoisotopic (exact) mass is 922 g/mol. The number of carbonyl (C=O) groups excluding carboxylic acids is 1. The molecule has 6 nitrogen and oxygen atoms in total. The molecule has 1 amide bonds. The van der Waals surface area contributed by atoms with Gasteiger partial charge in [-0.1, -0.05) is 328 Å². The lowest BCUT2D eigenvalue weighted by Crippen LogP contribution is -2.53. The highest BCUT2D eigenvalue weighted by atomic mass is 16.3. The number of nitrogens with one attached hydrogen (secondary N) is 1. The molecule has 4 unspecified atom stereocenters. The molecule has 0 heterocycles. The van der Waals surface area contributed by atoms with Gasteiger partial charge in [0.1, 0.15) is 12.2 Å². The molecule has 0 aliphatic rings. The second-order valence-corrected chi connectivity index (χ2v) is 21.1. The summed E-state index contributed by atoms with van der Waals surface area (Å²) in [6.07, 6.45) is 63.5. The fourth-order valence-electron chi connectivity index (χ4n) is 9.88. The normalized spacial score (nSPS) is 13.6. The zero-order valence-electron chi connectivity index (χ0n) is 44.3. The van der Waals surface area contributed by atoms with Gasteiger partial charge in [-0.05, 0) is 12.8 Å². The molecule has 0 bridgehead atoms. The van der Waals surface area contributed by atoms with Crippen molar-refractivity contribution in [3.05, 3.63) is 0 Å². The zero-order chi connectivity index (χ0) is 47.4. The van der Waals surface area contributed by atoms with Crippen LogP contribution < -0.4 is 5.32 Å². The lowest BCUT2D eigenvalue weighted by molar-refractivity contribution is -0.132. The Balaban J connectivity index is 3.46. The first-order valence-electron chi connectivity index (χ1n) is 29.9. The van der Waals surface area contributed by atoms with Crippen molar-refractivity contribution >= 4 is 5.91 Å². The minimum Gasteiger partial charge on any atom is -0.394 e. The van der Waals surface area contributed by atoms with Gasteiger partial charge in [-0.2, -0.15) is 0 Å². The summed E-state index contributed by atoms with van der Waals surface area (Å²) in [5, 5.41) is 43.9. The molecular formula is C59H119NO5. The number of hydrogen-bond donors (Lipinski definition) is 5. The van der Waals surface area contributed by atoms with E-state index >= 15 is 0 Å². The summed E-state index contributed by atoms with van der Waals surface area (Å²) < 4.78 is 0. The highest BCUT2D eigenvalue weighted by Crippen LogP contribution is 2.19. The third-order valence-electron chi connectivity index (χ3n) is 14.6. The van der Waals surface area contributed by atoms with Crippen LogP contribution in [0.5, 0.6) is 0 Å². The molecule has 0 fully saturated rings. The minimum absolute atomic E-state index is 0.376. The van der Waals surface area contributed by atoms with Crippen LogP contribution in [0, 0.1) is 0 Å². The minimum atomic E-state index is -1.25. The fourth-order valence-corrected chi connectivity index (χ4v) is 9.88. The Hall–Kier alpha value is -0.690. The molecule has 4 atom stereocenters. The second-order valence-electron chi connectivity index (χ2n) is 21.1. The Morgan fingerprint density at radius 3 is 0.738 bits per heavy atom. The molecular weight excluding hydrogens is 803 g/mol. The summed E-state index contributed by atoms with van der Waals surface area (Å²) in [5.74, 6) is -0.576. The number of aliphatic hydroxyl groups is 4. The first-order chi connectivity index (χ1) is 32.0. The van der Waals surface area contributed by atoms with Gasteiger partial charge < -0.3 is 25.7 Å². The molecule has 0 aromatic rings. The molecule has 0 saturated carbocycles. The van der Waals surface area contributed by atoms with Gasteiger partial charge in [0.05, 0.1) is 18.8 Å². The van der Waals surface area contributed by atoms with Crippen LogP contribution in [0.25, 0.3) is 0 Å². The standard InChI is InChI=1S/C59H119NO5/c1-3-5-7-9-11-13-15-17-18-19-20-21-22-23-24-25-26-27-28-29-30-31-32-33-34-35-36-37-38-39-41-43-45-47-49-51-53-57(63)59(65)60-55(54-61)58(64)56(62)52-50-48-46-44-42-40-16-14-12-10-8-6-4-2/h55-58,61-64H,3-54H2,1-2H3,(H,60,65). The molecule has 0 spiro atoms. The summed E-state index contributed by atoms with van der Waals surface area (Å²) in [7, 11) is 0. The van der Waals surface area contributed by atoms with Gasteiger partial charge in [0, 0.05) is 0 Å². The van der Waals surface area contributed by atoms with Crippen molar-refractivity contribution in [3.8, 4) is 0 Å². The van der Waals surface area contributed by atoms with Crippen LogP contribution in [0.3, 0.4) is 0 Å². The summed E-state index contributed by atoms with van der Waals surface area (Å²) in [6.45, 7) is 4.08. The summed E-state index contributed by atoms with van der Waals surface area (Å²) in [5.41, 5.74) is 0. The third-order valence-corrected chi connectivity index (χ3v) is 14.6. The van der Waals surface area contributed by atoms with Crippen LogP contribution in [-0.2, 0) is 4.79 Å². The maximum Gasteiger partial charge on any atom is 0.249 e. The van der Waals surface area contributed by atoms with Crippen molar-refractivity contribution in [2.24, 2.45) is 0 Å². The Morgan fingerprint density at radius 1 is 0.323 bits per heavy atom. The number of hydrogen-bond acceptors (Lipinski definition) is 5. The molecule has 6 heteroatoms. The van der Waals surface area contributed by atoms with Gasteiger partial charge in [-0.15, -0.1) is 0 Å². The maximum atomic E-state index is 12.6. The van der Waals surface area contributed by atoms with E-state index < -0.39 is 36.9 Å². The molecule has 0 aromatic carbocycles. The van der Waals surface area contributed by atoms with E-state index in [1.807, 2.05) is 0 Å². The summed E-state index contributed by atoms with van der Waals surface area (Å²) in [6, 6.07) is -0.980. The van der Waals surface area contributed by atoms with Crippen LogP contribution in [0.15, 0.2) is 0 Å². The summed E-state index contributed by atoms with van der Waals surface area (Å²) in [4.78, 5) is 12.6. The van der Waals surface area contributed by atoms with Crippen LogP contribution in [-0.4, -0.2) is 57.3 Å². The Bertz CT molecular complexity index is 902. The van der Waals surface area contributed by atoms with E-state index in [-0.39, 0.29) is 0 Å². The van der Waals surface area contributed by atoms with E-state index in [1.54, 1.807) is 0 Å². The third kappa shape index (κ3) is 48.1. The van der Waals surface area contributed by atoms with Crippen molar-refractivity contribution < 1.29 is 25.2 Å². The van der Waals surface area contributed by atoms with Gasteiger partial charge in [0.15, 0.2) is 0 Å². The number of unbranched alkanes of at least 4 members (excludes halogenated alkanes) is 47. The van der Waals surface area contributed by atoms with Crippen molar-refractivity contribution in [3.63, 3.8) is 0 Å². The average molecular weight is 923 g/mol. The number of aliphatic hydroxyl groups excluding tert-OH is 4. The van der Waals surface area contributed by atoms with Crippen molar-refractivity contribution in [1.82, 2.24) is 5.32 Å². The molecule has 0 aliphatic heterocycles. The highest BCUT2D eigenvalue weighted by Gasteiger charge is 2.28. The number of rotatable bonds is 56. The van der Waals surface area contributed by atoms with Gasteiger partial charge in [0.25, 0.3) is 0 Å². The van der Waals surface area contributed by atoms with E-state index in [0.717, 1.165) is 38.5 Å². The molecule has 65 heavy (non-hydrogen) atoms. The van der Waals surface area contributed by atoms with E-state index in [1.165, 1.54) is 276 Å². The zero-order valence-corrected chi connectivity index (χ0v) is 44.3. The molecule has 0 rings (SSSR count). The Labute approximate surface area is 407 Å². The maximum absolute atomic E-state index is 12.6. The summed E-state index contributed by atoms with van der Waals surface area (Å²) >= 11 is 0. The SMILES string of the molecule is CCCCCCCCCCCCCCCCCCCCCCCCCCCCCCCCCCCCCCC(O)C(=O)NC(CO)C(O)C(O)CCCCCCCCCCCCCCC. The largest absolute Gasteiger partial charge is 0.394 e. The average Bonchev–Trinajstić information content (AvgIpc) is 3.31. The van der Waals surface area contributed by atoms with Crippen molar-refractivity contribution in [1.29, 1.82) is 0 Å². The lowest BCUT2D eigenvalue weighted by atomic mass is 9.99. The van der Waals surface area contributed by atoms with Crippen LogP contribution in [0.2, 0.25) is 0 Å². The van der Waals surface area contributed by atoms with Gasteiger partial charge in [0.2, 0.25) is 5.91 Å². The van der Waals surface area contributed by atoms with Crippen LogP contribution >= 0.6 is 0 Å². The Morgan fingerprint density at radius 2 is 0.523 bits per heavy atom. The number of carbonyl (C=O) groups is 1. The van der Waals surface area contributed by atoms with Crippen LogP contribution in [0.1, 0.15) is 341 Å². The predicted molar refractivity (Wildman–Crippen MR) is 284 cm³/mol. The van der Waals surface area contributed by atoms with E-state index in [0.29, 0.717) is 12.8 Å². The fraction of sp³-hybridized carbons (Fsp3) is 0.983. The second kappa shape index (κ2) is 54.3. The highest BCUT2D eigenvalue weighted by molar-refractivity contribution is 5.80. The van der Waals surface area contributed by atoms with E-state index in [2.05, 4.69) is 19.2 Å². The van der Waals surface area contributed by atoms with Crippen molar-refractivity contribution in [2.45, 2.75) is 366 Å². The first-order valence-corrected chi connectivity index (χ1v) is 29.9. The molecule has 0 aromatic heterocycles. The predicted octanol–water partition coefficient (Wildman–Crippen LogP) is 17.5. The topological polar surface area (TPSA) is 110 Å². The molecule has 390 valence electrons. The van der Waals surface area contributed by atoms with E-state index in [4.69, 9.17) is 0 Å². The number of amides is 1. The smallest absolute Gasteiger partial charge is 0.249 e.